The van der Waals surface area contributed by atoms with Crippen molar-refractivity contribution in [3.63, 3.8) is 0 Å². The van der Waals surface area contributed by atoms with Gasteiger partial charge in [0.25, 0.3) is 0 Å². The van der Waals surface area contributed by atoms with E-state index in [0.29, 0.717) is 5.69 Å². The normalized spacial score (nSPS) is 13.2. The average molecular weight is 284 g/mol. The third-order valence-electron chi connectivity index (χ3n) is 2.88. The largest absolute Gasteiger partial charge is 0.419 e. The van der Waals surface area contributed by atoms with Gasteiger partial charge in [-0.15, -0.1) is 0 Å². The van der Waals surface area contributed by atoms with Crippen LogP contribution in [0, 0.1) is 5.82 Å². The van der Waals surface area contributed by atoms with Crippen molar-refractivity contribution in [3.8, 4) is 0 Å². The lowest BCUT2D eigenvalue weighted by molar-refractivity contribution is -0.140. The summed E-state index contributed by atoms with van der Waals surface area (Å²) in [6.07, 6.45) is -2.87. The van der Waals surface area contributed by atoms with Crippen LogP contribution in [-0.2, 0) is 12.6 Å². The lowest BCUT2D eigenvalue weighted by Gasteiger charge is -2.15. The summed E-state index contributed by atoms with van der Waals surface area (Å²) in [5, 5.41) is 0. The Morgan fingerprint density at radius 2 is 1.90 bits per heavy atom. The summed E-state index contributed by atoms with van der Waals surface area (Å²) in [5.74, 6) is -1.30. The molecule has 1 unspecified atom stereocenters. The number of benzene rings is 1. The number of nitrogens with two attached hydrogens (primary N) is 1. The highest BCUT2D eigenvalue weighted by Gasteiger charge is 2.34. The summed E-state index contributed by atoms with van der Waals surface area (Å²) in [6.45, 7) is 0. The first-order chi connectivity index (χ1) is 9.38. The molecular formula is C14H12F4N2. The molecular weight excluding hydrogens is 272 g/mol. The van der Waals surface area contributed by atoms with Crippen LogP contribution in [0.5, 0.6) is 0 Å². The monoisotopic (exact) mass is 284 g/mol. The highest BCUT2D eigenvalue weighted by Crippen LogP contribution is 2.33. The zero-order valence-electron chi connectivity index (χ0n) is 10.4. The average Bonchev–Trinajstić information content (AvgIpc) is 2.39. The van der Waals surface area contributed by atoms with E-state index < -0.39 is 23.6 Å². The first-order valence-corrected chi connectivity index (χ1v) is 5.90. The molecule has 0 fully saturated rings. The summed E-state index contributed by atoms with van der Waals surface area (Å²) in [6, 6.07) is 7.35. The van der Waals surface area contributed by atoms with E-state index in [1.54, 1.807) is 24.4 Å². The van der Waals surface area contributed by atoms with Crippen LogP contribution in [-0.4, -0.2) is 4.98 Å². The van der Waals surface area contributed by atoms with Crippen molar-refractivity contribution in [3.05, 3.63) is 65.2 Å². The fraction of sp³-hybridized carbons (Fsp3) is 0.214. The molecule has 0 bridgehead atoms. The predicted molar refractivity (Wildman–Crippen MR) is 66.3 cm³/mol. The molecule has 106 valence electrons. The van der Waals surface area contributed by atoms with E-state index in [0.717, 1.165) is 12.1 Å². The maximum Gasteiger partial charge on any atom is 0.419 e. The Balaban J connectivity index is 2.25. The van der Waals surface area contributed by atoms with Gasteiger partial charge in [0.05, 0.1) is 5.56 Å². The number of aromatic nitrogens is 1. The molecule has 0 amide bonds. The molecule has 2 N–H and O–H groups in total. The van der Waals surface area contributed by atoms with E-state index in [4.69, 9.17) is 5.73 Å². The van der Waals surface area contributed by atoms with E-state index in [2.05, 4.69) is 4.98 Å². The Morgan fingerprint density at radius 3 is 2.50 bits per heavy atom. The van der Waals surface area contributed by atoms with E-state index in [1.165, 1.54) is 6.07 Å². The molecule has 1 aromatic heterocycles. The van der Waals surface area contributed by atoms with Crippen molar-refractivity contribution in [1.82, 2.24) is 4.98 Å². The Hall–Kier alpha value is -1.95. The molecule has 0 saturated heterocycles. The minimum Gasteiger partial charge on any atom is -0.324 e. The topological polar surface area (TPSA) is 38.9 Å². The number of hydrogen-bond donors (Lipinski definition) is 1. The Morgan fingerprint density at radius 1 is 1.15 bits per heavy atom. The smallest absolute Gasteiger partial charge is 0.324 e. The molecule has 0 aliphatic heterocycles. The summed E-state index contributed by atoms with van der Waals surface area (Å²) in [5.41, 5.74) is 5.45. The van der Waals surface area contributed by atoms with E-state index >= 15 is 0 Å². The molecule has 20 heavy (non-hydrogen) atoms. The third-order valence-corrected chi connectivity index (χ3v) is 2.88. The molecule has 2 rings (SSSR count). The predicted octanol–water partition coefficient (Wildman–Crippen LogP) is 3.48. The van der Waals surface area contributed by atoms with Gasteiger partial charge >= 0.3 is 6.18 Å². The van der Waals surface area contributed by atoms with Crippen molar-refractivity contribution in [2.24, 2.45) is 5.73 Å². The van der Waals surface area contributed by atoms with E-state index in [-0.39, 0.29) is 12.0 Å². The standard InChI is InChI=1S/C14H12F4N2/c15-12-5-4-9(7-11(12)14(16,17)18)13(19)8-10-3-1-2-6-20-10/h1-7,13H,8,19H2. The van der Waals surface area contributed by atoms with E-state index in [1.807, 2.05) is 0 Å². The quantitative estimate of drug-likeness (QED) is 0.876. The zero-order chi connectivity index (χ0) is 14.8. The fourth-order valence-corrected chi connectivity index (χ4v) is 1.85. The number of rotatable bonds is 3. The first-order valence-electron chi connectivity index (χ1n) is 5.90. The number of alkyl halides is 3. The molecule has 1 atom stereocenters. The second-order valence-electron chi connectivity index (χ2n) is 4.37. The highest BCUT2D eigenvalue weighted by molar-refractivity contribution is 5.30. The van der Waals surface area contributed by atoms with Gasteiger partial charge in [-0.25, -0.2) is 4.39 Å². The van der Waals surface area contributed by atoms with Crippen LogP contribution in [0.25, 0.3) is 0 Å². The number of nitrogens with zero attached hydrogens (tertiary/aromatic N) is 1. The Labute approximate surface area is 113 Å². The van der Waals surface area contributed by atoms with Gasteiger partial charge < -0.3 is 5.73 Å². The summed E-state index contributed by atoms with van der Waals surface area (Å²) < 4.78 is 51.1. The van der Waals surface area contributed by atoms with Crippen LogP contribution >= 0.6 is 0 Å². The zero-order valence-corrected chi connectivity index (χ0v) is 10.4. The minimum absolute atomic E-state index is 0.226. The van der Waals surface area contributed by atoms with Crippen LogP contribution in [0.2, 0.25) is 0 Å². The Bertz CT molecular complexity index is 581. The van der Waals surface area contributed by atoms with Gasteiger partial charge in [-0.05, 0) is 29.8 Å². The second kappa shape index (κ2) is 5.58. The van der Waals surface area contributed by atoms with Crippen LogP contribution in [0.1, 0.15) is 22.9 Å². The molecule has 1 aromatic carbocycles. The Kier molecular flexibility index (Phi) is 4.04. The van der Waals surface area contributed by atoms with Crippen molar-refractivity contribution in [2.75, 3.05) is 0 Å². The first kappa shape index (κ1) is 14.5. The fourth-order valence-electron chi connectivity index (χ4n) is 1.85. The van der Waals surface area contributed by atoms with Crippen molar-refractivity contribution >= 4 is 0 Å². The maximum atomic E-state index is 13.2. The molecule has 2 nitrogen and oxygen atoms in total. The summed E-state index contributed by atoms with van der Waals surface area (Å²) in [7, 11) is 0. The van der Waals surface area contributed by atoms with Gasteiger partial charge in [-0.1, -0.05) is 12.1 Å². The highest BCUT2D eigenvalue weighted by atomic mass is 19.4. The minimum atomic E-state index is -4.73. The number of halogens is 4. The van der Waals surface area contributed by atoms with E-state index in [9.17, 15) is 17.6 Å². The van der Waals surface area contributed by atoms with Crippen LogP contribution in [0.4, 0.5) is 17.6 Å². The molecule has 0 radical (unpaired) electrons. The number of hydrogen-bond acceptors (Lipinski definition) is 2. The van der Waals surface area contributed by atoms with Gasteiger partial charge in [-0.2, -0.15) is 13.2 Å². The van der Waals surface area contributed by atoms with Gasteiger partial charge in [0.15, 0.2) is 0 Å². The van der Waals surface area contributed by atoms with Crippen LogP contribution in [0.15, 0.2) is 42.6 Å². The lowest BCUT2D eigenvalue weighted by atomic mass is 10.00. The SMILES string of the molecule is NC(Cc1ccccn1)c1ccc(F)c(C(F)(F)F)c1. The van der Waals surface area contributed by atoms with Crippen LogP contribution < -0.4 is 5.73 Å². The molecule has 0 spiro atoms. The number of pyridine rings is 1. The lowest BCUT2D eigenvalue weighted by Crippen LogP contribution is -2.16. The van der Waals surface area contributed by atoms with Crippen LogP contribution in [0.3, 0.4) is 0 Å². The molecule has 2 aromatic rings. The van der Waals surface area contributed by atoms with Gasteiger partial charge in [0.1, 0.15) is 5.82 Å². The maximum absolute atomic E-state index is 13.2. The molecule has 6 heteroatoms. The van der Waals surface area contributed by atoms with Gasteiger partial charge in [0.2, 0.25) is 0 Å². The summed E-state index contributed by atoms with van der Waals surface area (Å²) >= 11 is 0. The van der Waals surface area contributed by atoms with Gasteiger partial charge in [0, 0.05) is 24.4 Å². The third kappa shape index (κ3) is 3.33. The van der Waals surface area contributed by atoms with Crippen molar-refractivity contribution in [1.29, 1.82) is 0 Å². The van der Waals surface area contributed by atoms with Gasteiger partial charge in [-0.3, -0.25) is 4.98 Å². The van der Waals surface area contributed by atoms with Crippen molar-refractivity contribution < 1.29 is 17.6 Å². The molecule has 0 aliphatic rings. The van der Waals surface area contributed by atoms with Crippen molar-refractivity contribution in [2.45, 2.75) is 18.6 Å². The second-order valence-corrected chi connectivity index (χ2v) is 4.37. The summed E-state index contributed by atoms with van der Waals surface area (Å²) in [4.78, 5) is 4.06. The molecule has 0 saturated carbocycles. The molecule has 0 aliphatic carbocycles. The molecule has 1 heterocycles.